The number of ether oxygens (including phenoxy) is 1. The van der Waals surface area contributed by atoms with Crippen molar-refractivity contribution in [1.82, 2.24) is 19.6 Å². The molecule has 0 saturated heterocycles. The molecule has 2 atom stereocenters. The van der Waals surface area contributed by atoms with Crippen molar-refractivity contribution in [2.75, 3.05) is 17.5 Å². The number of rotatable bonds is 11. The van der Waals surface area contributed by atoms with Gasteiger partial charge in [-0.15, -0.1) is 5.10 Å². The van der Waals surface area contributed by atoms with Crippen molar-refractivity contribution >= 4 is 58.1 Å². The number of para-hydroxylation sites is 1. The van der Waals surface area contributed by atoms with E-state index in [2.05, 4.69) is 15.1 Å². The number of nitrogens with two attached hydrogens (primary N) is 1. The summed E-state index contributed by atoms with van der Waals surface area (Å²) in [5.41, 5.74) is 2.68. The summed E-state index contributed by atoms with van der Waals surface area (Å²) in [7, 11) is -7.45. The molecule has 26 heteroatoms. The number of aliphatic carboxylic acids is 1. The van der Waals surface area contributed by atoms with Crippen LogP contribution in [0.1, 0.15) is 28.0 Å². The van der Waals surface area contributed by atoms with Crippen molar-refractivity contribution in [1.29, 1.82) is 0 Å². The molecule has 0 fully saturated rings. The quantitative estimate of drug-likeness (QED) is 0.0443. The number of nitrogens with one attached hydrogen (secondary N) is 1. The largest absolute Gasteiger partial charge is 0.480 e. The number of carboxylic acids is 2. The number of aromatic carboxylic acids is 1. The Balaban J connectivity index is 0.000000245. The predicted molar refractivity (Wildman–Crippen MR) is 190 cm³/mol. The van der Waals surface area contributed by atoms with Crippen LogP contribution in [0.5, 0.6) is 11.5 Å². The lowest BCUT2D eigenvalue weighted by Crippen LogP contribution is -2.30. The van der Waals surface area contributed by atoms with Crippen LogP contribution in [-0.4, -0.2) is 78.8 Å². The summed E-state index contributed by atoms with van der Waals surface area (Å²) in [6, 6.07) is 8.84. The van der Waals surface area contributed by atoms with Gasteiger partial charge in [-0.2, -0.15) is 26.6 Å². The summed E-state index contributed by atoms with van der Waals surface area (Å²) < 4.78 is 108. The number of carboxylic acid groups (broad SMARTS) is 2. The maximum Gasteiger partial charge on any atom is 0.416 e. The van der Waals surface area contributed by atoms with Gasteiger partial charge in [0.05, 0.1) is 15.5 Å². The van der Waals surface area contributed by atoms with Gasteiger partial charge in [-0.1, -0.05) is 17.7 Å². The van der Waals surface area contributed by atoms with Crippen molar-refractivity contribution in [2.24, 2.45) is 5.73 Å². The number of carbonyl (C=O) groups is 2. The van der Waals surface area contributed by atoms with Gasteiger partial charge in [-0.25, -0.2) is 23.1 Å². The molecular weight excluding hydrogens is 840 g/mol. The van der Waals surface area contributed by atoms with Crippen LogP contribution in [-0.2, 0) is 25.6 Å². The van der Waals surface area contributed by atoms with E-state index in [1.54, 1.807) is 17.7 Å². The average molecular weight is 868 g/mol. The highest BCUT2D eigenvalue weighted by molar-refractivity contribution is 7.92. The van der Waals surface area contributed by atoms with Crippen LogP contribution in [0.25, 0.3) is 5.78 Å². The van der Waals surface area contributed by atoms with Gasteiger partial charge >= 0.3 is 18.1 Å². The zero-order valence-electron chi connectivity index (χ0n) is 28.9. The molecule has 6 N–H and O–H groups in total. The maximum atomic E-state index is 13.5. The Kier molecular flexibility index (Phi) is 14.7. The number of nitro groups is 1. The molecule has 2 aromatic heterocycles. The summed E-state index contributed by atoms with van der Waals surface area (Å²) in [5, 5.41) is 30.8. The van der Waals surface area contributed by atoms with E-state index in [0.717, 1.165) is 53.0 Å². The van der Waals surface area contributed by atoms with Crippen LogP contribution in [0, 0.1) is 28.7 Å². The molecule has 0 aliphatic heterocycles. The second-order valence-corrected chi connectivity index (χ2v) is 15.9. The van der Waals surface area contributed by atoms with Crippen LogP contribution in [0.2, 0.25) is 5.02 Å². The standard InChI is InChI=1S/C14H7ClF3NO5.C12H9F2N5O2S.C5H12NO4P/c15-10-5-7(14(16,17)18)1-4-12(10)24-8-2-3-11(19(22)23)9(6-8)13(20)21;1-7-5-6-19-11(15-7)16-12(17-19)22(20,21)18-10-8(13)3-2-4-9(10)14;1-11(9,10)3-2-4(6)5(7)8/h1-6H,(H,20,21);2-6,18H,1H3;4H,2-3,6H2,1H3,(H,7,8)(H,9,10). The fourth-order valence-corrected chi connectivity index (χ4v) is 5.96. The Morgan fingerprint density at radius 2 is 1.72 bits per heavy atom. The van der Waals surface area contributed by atoms with Crippen molar-refractivity contribution in [3.05, 3.63) is 110 Å². The van der Waals surface area contributed by atoms with Crippen molar-refractivity contribution < 1.29 is 69.3 Å². The molecule has 0 spiro atoms. The van der Waals surface area contributed by atoms with Gasteiger partial charge in [0.15, 0.2) is 7.37 Å². The lowest BCUT2D eigenvalue weighted by atomic mass is 10.1. The van der Waals surface area contributed by atoms with E-state index in [9.17, 15) is 54.6 Å². The van der Waals surface area contributed by atoms with Gasteiger partial charge in [0.2, 0.25) is 0 Å². The van der Waals surface area contributed by atoms with Crippen LogP contribution in [0.4, 0.5) is 33.3 Å². The lowest BCUT2D eigenvalue weighted by Gasteiger charge is -2.11. The number of nitrogens with zero attached hydrogens (tertiary/aromatic N) is 5. The summed E-state index contributed by atoms with van der Waals surface area (Å²) >= 11 is 5.72. The minimum Gasteiger partial charge on any atom is -0.480 e. The van der Waals surface area contributed by atoms with Gasteiger partial charge in [0, 0.05) is 36.9 Å². The third-order valence-electron chi connectivity index (χ3n) is 6.82. The second kappa shape index (κ2) is 18.4. The molecule has 2 heterocycles. The number of anilines is 1. The molecule has 5 rings (SSSR count). The molecule has 5 aromatic rings. The molecule has 0 radical (unpaired) electrons. The number of alkyl halides is 3. The van der Waals surface area contributed by atoms with Crippen LogP contribution >= 0.6 is 19.0 Å². The Hall–Kier alpha value is -5.81. The highest BCUT2D eigenvalue weighted by atomic mass is 35.5. The maximum absolute atomic E-state index is 13.5. The van der Waals surface area contributed by atoms with Crippen LogP contribution in [0.15, 0.2) is 72.0 Å². The molecule has 18 nitrogen and oxygen atoms in total. The summed E-state index contributed by atoms with van der Waals surface area (Å²) in [6.07, 6.45) is -3.10. The van der Waals surface area contributed by atoms with Gasteiger partial charge in [0.1, 0.15) is 40.4 Å². The van der Waals surface area contributed by atoms with Gasteiger partial charge < -0.3 is 25.6 Å². The number of sulfonamides is 1. The summed E-state index contributed by atoms with van der Waals surface area (Å²) in [5.74, 6) is -4.99. The summed E-state index contributed by atoms with van der Waals surface area (Å²) in [6.45, 7) is 2.89. The van der Waals surface area contributed by atoms with Crippen molar-refractivity contribution in [2.45, 2.75) is 30.7 Å². The first kappa shape index (κ1) is 45.6. The number of hydrogen-bond donors (Lipinski definition) is 5. The van der Waals surface area contributed by atoms with E-state index in [-0.39, 0.29) is 34.9 Å². The number of hydrogen-bond acceptors (Lipinski definition) is 12. The Morgan fingerprint density at radius 1 is 1.09 bits per heavy atom. The first-order chi connectivity index (χ1) is 26.3. The third-order valence-corrected chi connectivity index (χ3v) is 9.33. The lowest BCUT2D eigenvalue weighted by molar-refractivity contribution is -0.385. The Bertz CT molecular complexity index is 2450. The van der Waals surface area contributed by atoms with Crippen LogP contribution < -0.4 is 15.2 Å². The third kappa shape index (κ3) is 13.1. The second-order valence-electron chi connectivity index (χ2n) is 11.4. The highest BCUT2D eigenvalue weighted by Crippen LogP contribution is 2.37. The number of nitro benzene ring substituents is 1. The zero-order chi connectivity index (χ0) is 43.0. The first-order valence-electron chi connectivity index (χ1n) is 15.3. The van der Waals surface area contributed by atoms with Crippen molar-refractivity contribution in [3.63, 3.8) is 0 Å². The van der Waals surface area contributed by atoms with E-state index in [1.807, 2.05) is 0 Å². The molecule has 0 aliphatic rings. The highest BCUT2D eigenvalue weighted by Gasteiger charge is 2.31. The number of aryl methyl sites for hydroxylation is 1. The average Bonchev–Trinajstić information content (AvgIpc) is 3.54. The minimum absolute atomic E-state index is 0.0412. The normalized spacial score (nSPS) is 12.9. The van der Waals surface area contributed by atoms with Crippen LogP contribution in [0.3, 0.4) is 0 Å². The number of halogens is 6. The molecular formula is C31H28ClF5N7O11PS. The monoisotopic (exact) mass is 867 g/mol. The fourth-order valence-electron chi connectivity index (χ4n) is 4.03. The van der Waals surface area contributed by atoms with E-state index in [0.29, 0.717) is 11.8 Å². The van der Waals surface area contributed by atoms with E-state index < -0.39 is 85.8 Å². The first-order valence-corrected chi connectivity index (χ1v) is 19.4. The zero-order valence-corrected chi connectivity index (χ0v) is 31.4. The number of fused-ring (bicyclic) bond motifs is 1. The molecule has 0 amide bonds. The Morgan fingerprint density at radius 3 is 2.25 bits per heavy atom. The van der Waals surface area contributed by atoms with E-state index in [1.165, 1.54) is 12.9 Å². The van der Waals surface area contributed by atoms with E-state index in [4.69, 9.17) is 37.2 Å². The Labute approximate surface area is 322 Å². The molecule has 306 valence electrons. The molecule has 57 heavy (non-hydrogen) atoms. The molecule has 0 aliphatic carbocycles. The van der Waals surface area contributed by atoms with Crippen molar-refractivity contribution in [3.8, 4) is 11.5 Å². The smallest absolute Gasteiger partial charge is 0.416 e. The predicted octanol–water partition coefficient (Wildman–Crippen LogP) is 5.96. The minimum atomic E-state index is -4.58. The summed E-state index contributed by atoms with van der Waals surface area (Å²) in [4.78, 5) is 47.5. The van der Waals surface area contributed by atoms with Gasteiger partial charge in [-0.3, -0.25) is 24.2 Å². The van der Waals surface area contributed by atoms with E-state index >= 15 is 0 Å². The fraction of sp³-hybridized carbons (Fsp3) is 0.194. The molecule has 2 unspecified atom stereocenters. The number of aromatic nitrogens is 4. The SMILES string of the molecule is CP(=O)(O)CCC(N)C(=O)O.Cc1ccn2nc(S(=O)(=O)Nc3c(F)cccc3F)nc2n1.O=C(O)c1cc(Oc2ccc(C(F)(F)F)cc2Cl)ccc1[N+](=O)[O-]. The molecule has 0 saturated carbocycles. The number of benzene rings is 3. The van der Waals surface area contributed by atoms with Gasteiger partial charge in [0.25, 0.3) is 26.6 Å². The molecule has 3 aromatic carbocycles. The molecule has 0 bridgehead atoms. The topological polar surface area (TPSA) is 280 Å². The van der Waals surface area contributed by atoms with Gasteiger partial charge in [-0.05, 0) is 55.8 Å².